The van der Waals surface area contributed by atoms with Gasteiger partial charge in [-0.15, -0.1) is 18.2 Å². The second-order valence-corrected chi connectivity index (χ2v) is 8.70. The van der Waals surface area contributed by atoms with E-state index < -0.39 is 8.80 Å². The van der Waals surface area contributed by atoms with E-state index in [1.807, 2.05) is 0 Å². The van der Waals surface area contributed by atoms with Crippen molar-refractivity contribution in [3.63, 3.8) is 0 Å². The zero-order chi connectivity index (χ0) is 14.5. The molecule has 0 saturated carbocycles. The van der Waals surface area contributed by atoms with Gasteiger partial charge in [0.05, 0.1) is 0 Å². The Bertz CT molecular complexity index is 521. The van der Waals surface area contributed by atoms with E-state index in [4.69, 9.17) is 11.6 Å². The molecule has 0 aliphatic rings. The van der Waals surface area contributed by atoms with E-state index in [0.717, 1.165) is 10.4 Å². The van der Waals surface area contributed by atoms with Crippen LogP contribution in [-0.2, 0) is 0 Å². The molecule has 4 heteroatoms. The van der Waals surface area contributed by atoms with Gasteiger partial charge in [-0.2, -0.15) is 0 Å². The first-order valence-corrected chi connectivity index (χ1v) is 8.63. The molecule has 104 valence electrons. The average Bonchev–Trinajstić information content (AvgIpc) is 2.44. The molecule has 1 unspecified atom stereocenters. The SMILES string of the molecule is C=CCC(Cl)[SiH](c1ccc(F)cc1)c1ccc(F)cc1. The first kappa shape index (κ1) is 14.9. The molecule has 0 fully saturated rings. The molecule has 0 nitrogen and oxygen atoms in total. The van der Waals surface area contributed by atoms with Crippen molar-refractivity contribution in [3.8, 4) is 0 Å². The number of rotatable bonds is 5. The Kier molecular flexibility index (Phi) is 5.09. The van der Waals surface area contributed by atoms with Gasteiger partial charge in [0.25, 0.3) is 0 Å². The van der Waals surface area contributed by atoms with Gasteiger partial charge < -0.3 is 0 Å². The van der Waals surface area contributed by atoms with Crippen molar-refractivity contribution in [3.05, 3.63) is 72.8 Å². The average molecular weight is 309 g/mol. The minimum absolute atomic E-state index is 0.0802. The maximum absolute atomic E-state index is 13.1. The van der Waals surface area contributed by atoms with Crippen LogP contribution in [0.2, 0.25) is 0 Å². The van der Waals surface area contributed by atoms with E-state index in [1.54, 1.807) is 30.3 Å². The molecule has 0 bridgehead atoms. The Morgan fingerprint density at radius 2 is 1.35 bits per heavy atom. The number of allylic oxidation sites excluding steroid dienone is 1. The molecule has 0 aromatic heterocycles. The lowest BCUT2D eigenvalue weighted by atomic mass is 10.3. The van der Waals surface area contributed by atoms with Crippen LogP contribution in [0.4, 0.5) is 8.78 Å². The van der Waals surface area contributed by atoms with Crippen LogP contribution in [0.25, 0.3) is 0 Å². The minimum Gasteiger partial charge on any atom is -0.207 e. The number of hydrogen-bond donors (Lipinski definition) is 0. The van der Waals surface area contributed by atoms with E-state index >= 15 is 0 Å². The quantitative estimate of drug-likeness (QED) is 0.452. The molecule has 0 saturated heterocycles. The van der Waals surface area contributed by atoms with Crippen molar-refractivity contribution in [1.29, 1.82) is 0 Å². The van der Waals surface area contributed by atoms with Crippen LogP contribution < -0.4 is 10.4 Å². The standard InChI is InChI=1S/C16H15ClF2Si/c1-2-3-16(17)20(14-8-4-12(18)5-9-14)15-10-6-13(19)7-11-15/h2,4-11,16,20H,1,3H2. The fourth-order valence-corrected chi connectivity index (χ4v) is 6.14. The van der Waals surface area contributed by atoms with Gasteiger partial charge in [0.1, 0.15) is 20.4 Å². The highest BCUT2D eigenvalue weighted by atomic mass is 35.5. The van der Waals surface area contributed by atoms with Crippen molar-refractivity contribution >= 4 is 30.8 Å². The molecular formula is C16H15ClF2Si. The highest BCUT2D eigenvalue weighted by Gasteiger charge is 2.24. The number of hydrogen-bond acceptors (Lipinski definition) is 0. The summed E-state index contributed by atoms with van der Waals surface area (Å²) in [5.41, 5.74) is 0. The molecule has 20 heavy (non-hydrogen) atoms. The number of benzene rings is 2. The number of halogens is 3. The van der Waals surface area contributed by atoms with Gasteiger partial charge in [-0.1, -0.05) is 40.7 Å². The van der Waals surface area contributed by atoms with Crippen LogP contribution in [0.5, 0.6) is 0 Å². The van der Waals surface area contributed by atoms with E-state index in [0.29, 0.717) is 6.42 Å². The van der Waals surface area contributed by atoms with Crippen molar-refractivity contribution in [2.75, 3.05) is 0 Å². The highest BCUT2D eigenvalue weighted by Crippen LogP contribution is 2.10. The lowest BCUT2D eigenvalue weighted by Gasteiger charge is -2.21. The van der Waals surface area contributed by atoms with Gasteiger partial charge in [-0.25, -0.2) is 8.78 Å². The third kappa shape index (κ3) is 3.55. The summed E-state index contributed by atoms with van der Waals surface area (Å²) in [6, 6.07) is 12.9. The summed E-state index contributed by atoms with van der Waals surface area (Å²) in [4.78, 5) is 0. The van der Waals surface area contributed by atoms with E-state index in [-0.39, 0.29) is 16.6 Å². The Morgan fingerprint density at radius 3 is 1.70 bits per heavy atom. The molecule has 0 radical (unpaired) electrons. The summed E-state index contributed by atoms with van der Waals surface area (Å²) < 4.78 is 26.1. The largest absolute Gasteiger partial charge is 0.207 e. The zero-order valence-electron chi connectivity index (χ0n) is 10.9. The molecule has 0 aliphatic heterocycles. The highest BCUT2D eigenvalue weighted by molar-refractivity contribution is 6.91. The monoisotopic (exact) mass is 308 g/mol. The van der Waals surface area contributed by atoms with Crippen molar-refractivity contribution in [2.45, 2.75) is 11.4 Å². The van der Waals surface area contributed by atoms with Gasteiger partial charge in [-0.3, -0.25) is 0 Å². The third-order valence-electron chi connectivity index (χ3n) is 3.21. The fraction of sp³-hybridized carbons (Fsp3) is 0.125. The summed E-state index contributed by atoms with van der Waals surface area (Å²) in [6.07, 6.45) is 2.46. The van der Waals surface area contributed by atoms with Crippen molar-refractivity contribution in [1.82, 2.24) is 0 Å². The normalized spacial score (nSPS) is 12.4. The van der Waals surface area contributed by atoms with Gasteiger partial charge in [0, 0.05) is 5.00 Å². The molecule has 2 aromatic rings. The summed E-state index contributed by atoms with van der Waals surface area (Å²) >= 11 is 6.50. The second kappa shape index (κ2) is 6.82. The first-order chi connectivity index (χ1) is 9.61. The third-order valence-corrected chi connectivity index (χ3v) is 7.35. The van der Waals surface area contributed by atoms with Crippen LogP contribution in [0, 0.1) is 11.6 Å². The minimum atomic E-state index is -1.74. The smallest absolute Gasteiger partial charge is 0.123 e. The van der Waals surface area contributed by atoms with Crippen LogP contribution >= 0.6 is 11.6 Å². The van der Waals surface area contributed by atoms with Crippen molar-refractivity contribution in [2.24, 2.45) is 0 Å². The summed E-state index contributed by atoms with van der Waals surface area (Å²) in [7, 11) is -1.74. The predicted octanol–water partition coefficient (Wildman–Crippen LogP) is 3.03. The maximum Gasteiger partial charge on any atom is 0.123 e. The van der Waals surface area contributed by atoms with Gasteiger partial charge in [-0.05, 0) is 30.7 Å². The van der Waals surface area contributed by atoms with Crippen LogP contribution in [-0.4, -0.2) is 13.8 Å². The lowest BCUT2D eigenvalue weighted by molar-refractivity contribution is 0.628. The summed E-state index contributed by atoms with van der Waals surface area (Å²) in [5.74, 6) is -0.536. The molecular weight excluding hydrogens is 294 g/mol. The predicted molar refractivity (Wildman–Crippen MR) is 83.7 cm³/mol. The molecule has 0 N–H and O–H groups in total. The maximum atomic E-state index is 13.1. The topological polar surface area (TPSA) is 0 Å². The Labute approximate surface area is 124 Å². The van der Waals surface area contributed by atoms with Crippen molar-refractivity contribution < 1.29 is 8.78 Å². The van der Waals surface area contributed by atoms with Gasteiger partial charge in [0.2, 0.25) is 0 Å². The molecule has 2 aromatic carbocycles. The molecule has 0 heterocycles. The van der Waals surface area contributed by atoms with E-state index in [9.17, 15) is 8.78 Å². The van der Waals surface area contributed by atoms with Crippen LogP contribution in [0.15, 0.2) is 61.2 Å². The van der Waals surface area contributed by atoms with Crippen LogP contribution in [0.1, 0.15) is 6.42 Å². The van der Waals surface area contributed by atoms with Gasteiger partial charge in [0.15, 0.2) is 0 Å². The van der Waals surface area contributed by atoms with E-state index in [1.165, 1.54) is 24.3 Å². The first-order valence-electron chi connectivity index (χ1n) is 6.37. The number of alkyl halides is 1. The lowest BCUT2D eigenvalue weighted by Crippen LogP contribution is -2.49. The molecule has 2 rings (SSSR count). The Morgan fingerprint density at radius 1 is 0.950 bits per heavy atom. The zero-order valence-corrected chi connectivity index (χ0v) is 12.8. The molecule has 0 amide bonds. The van der Waals surface area contributed by atoms with E-state index in [2.05, 4.69) is 6.58 Å². The Balaban J connectivity index is 2.40. The van der Waals surface area contributed by atoms with Crippen LogP contribution in [0.3, 0.4) is 0 Å². The molecule has 1 atom stereocenters. The Hall–Kier alpha value is -1.45. The molecule has 0 spiro atoms. The second-order valence-electron chi connectivity index (χ2n) is 4.62. The summed E-state index contributed by atoms with van der Waals surface area (Å²) in [6.45, 7) is 3.72. The fourth-order valence-electron chi connectivity index (χ4n) is 2.25. The summed E-state index contributed by atoms with van der Waals surface area (Å²) in [5, 5.41) is 2.00. The molecule has 0 aliphatic carbocycles. The van der Waals surface area contributed by atoms with Gasteiger partial charge >= 0.3 is 0 Å².